The molecule has 11 heteroatoms. The highest BCUT2D eigenvalue weighted by atomic mass is 19.4. The maximum absolute atomic E-state index is 14.0. The Kier molecular flexibility index (Phi) is 5.40. The normalized spacial score (nSPS) is 13.5. The Morgan fingerprint density at radius 1 is 1.12 bits per heavy atom. The number of fused-ring (bicyclic) bond motifs is 2. The third-order valence-electron chi connectivity index (χ3n) is 5.47. The molecule has 2 N–H and O–H groups in total. The Labute approximate surface area is 190 Å². The number of nitrogens with one attached hydrogen (secondary N) is 2. The predicted molar refractivity (Wildman–Crippen MR) is 115 cm³/mol. The Bertz CT molecular complexity index is 1400. The van der Waals surface area contributed by atoms with Crippen molar-refractivity contribution in [2.24, 2.45) is 0 Å². The molecule has 0 atom stereocenters. The lowest BCUT2D eigenvalue weighted by atomic mass is 10.1. The summed E-state index contributed by atoms with van der Waals surface area (Å²) in [6, 6.07) is 7.65. The van der Waals surface area contributed by atoms with E-state index in [1.807, 2.05) is 0 Å². The van der Waals surface area contributed by atoms with Gasteiger partial charge in [0.2, 0.25) is 5.88 Å². The molecular weight excluding hydrogens is 454 g/mol. The Balaban J connectivity index is 1.39. The van der Waals surface area contributed by atoms with Crippen LogP contribution in [0, 0.1) is 5.82 Å². The van der Waals surface area contributed by atoms with Crippen LogP contribution in [0.5, 0.6) is 11.6 Å². The SMILES string of the molecule is O=C(Nc1cc(C(F)(F)F)ccc1F)n1ccc2cc(Oc3ncnc4c3CCNC4)ccc21. The maximum atomic E-state index is 14.0. The number of amides is 1. The number of carbonyl (C=O) groups excluding carboxylic acids is 1. The molecule has 1 amide bonds. The highest BCUT2D eigenvalue weighted by Crippen LogP contribution is 2.32. The van der Waals surface area contributed by atoms with Gasteiger partial charge in [-0.3, -0.25) is 4.57 Å². The Morgan fingerprint density at radius 2 is 1.97 bits per heavy atom. The average Bonchev–Trinajstić information content (AvgIpc) is 3.23. The summed E-state index contributed by atoms with van der Waals surface area (Å²) in [6.07, 6.45) is -1.06. The van der Waals surface area contributed by atoms with Gasteiger partial charge in [-0.15, -0.1) is 0 Å². The molecule has 0 saturated carbocycles. The minimum absolute atomic E-state index is 0.461. The fourth-order valence-electron chi connectivity index (χ4n) is 3.79. The highest BCUT2D eigenvalue weighted by Gasteiger charge is 2.31. The molecule has 2 aromatic carbocycles. The van der Waals surface area contributed by atoms with E-state index in [2.05, 4.69) is 20.6 Å². The number of rotatable bonds is 3. The van der Waals surface area contributed by atoms with Crippen molar-refractivity contribution in [1.82, 2.24) is 19.9 Å². The van der Waals surface area contributed by atoms with E-state index in [9.17, 15) is 22.4 Å². The summed E-state index contributed by atoms with van der Waals surface area (Å²) in [5, 5.41) is 6.08. The molecule has 0 spiro atoms. The fraction of sp³-hybridized carbons (Fsp3) is 0.174. The highest BCUT2D eigenvalue weighted by molar-refractivity contribution is 5.98. The molecule has 3 heterocycles. The summed E-state index contributed by atoms with van der Waals surface area (Å²) in [5.74, 6) is -0.0195. The lowest BCUT2D eigenvalue weighted by Gasteiger charge is -2.18. The van der Waals surface area contributed by atoms with Crippen LogP contribution in [0.3, 0.4) is 0 Å². The number of benzene rings is 2. The third kappa shape index (κ3) is 4.17. The largest absolute Gasteiger partial charge is 0.439 e. The first-order valence-corrected chi connectivity index (χ1v) is 10.3. The van der Waals surface area contributed by atoms with Crippen molar-refractivity contribution in [1.29, 1.82) is 0 Å². The van der Waals surface area contributed by atoms with Gasteiger partial charge >= 0.3 is 12.2 Å². The number of ether oxygens (including phenoxy) is 1. The molecule has 0 radical (unpaired) electrons. The number of nitrogens with zero attached hydrogens (tertiary/aromatic N) is 3. The summed E-state index contributed by atoms with van der Waals surface area (Å²) in [5.41, 5.74) is 0.644. The van der Waals surface area contributed by atoms with E-state index >= 15 is 0 Å². The number of aromatic nitrogens is 3. The number of hydrogen-bond acceptors (Lipinski definition) is 5. The molecule has 5 rings (SSSR count). The van der Waals surface area contributed by atoms with Crippen molar-refractivity contribution in [3.63, 3.8) is 0 Å². The van der Waals surface area contributed by atoms with Crippen LogP contribution in [-0.4, -0.2) is 27.1 Å². The van der Waals surface area contributed by atoms with Gasteiger partial charge in [-0.2, -0.15) is 13.2 Å². The van der Waals surface area contributed by atoms with Crippen molar-refractivity contribution >= 4 is 22.6 Å². The molecular formula is C23H17F4N5O2. The van der Waals surface area contributed by atoms with Gasteiger partial charge in [-0.1, -0.05) is 0 Å². The monoisotopic (exact) mass is 471 g/mol. The summed E-state index contributed by atoms with van der Waals surface area (Å²) >= 11 is 0. The van der Waals surface area contributed by atoms with Gasteiger partial charge < -0.3 is 15.4 Å². The quantitative estimate of drug-likeness (QED) is 0.406. The molecule has 7 nitrogen and oxygen atoms in total. The third-order valence-corrected chi connectivity index (χ3v) is 5.47. The molecule has 0 saturated heterocycles. The van der Waals surface area contributed by atoms with Gasteiger partial charge in [0.15, 0.2) is 0 Å². The molecule has 0 bridgehead atoms. The minimum Gasteiger partial charge on any atom is -0.439 e. The van der Waals surface area contributed by atoms with E-state index in [4.69, 9.17) is 4.74 Å². The van der Waals surface area contributed by atoms with Crippen LogP contribution in [-0.2, 0) is 19.1 Å². The molecule has 0 fully saturated rings. The minimum atomic E-state index is -4.66. The van der Waals surface area contributed by atoms with Crippen molar-refractivity contribution < 1.29 is 27.1 Å². The first-order chi connectivity index (χ1) is 16.3. The van der Waals surface area contributed by atoms with Crippen LogP contribution in [0.2, 0.25) is 0 Å². The molecule has 2 aromatic heterocycles. The van der Waals surface area contributed by atoms with Crippen LogP contribution < -0.4 is 15.4 Å². The standard InChI is InChI=1S/C23H17F4N5O2/c24-17-3-1-14(23(25,26)27)10-18(17)31-22(33)32-8-6-13-9-15(2-4-20(13)32)34-21-16-5-7-28-11-19(16)29-12-30-21/h1-4,6,8-10,12,28H,5,7,11H2,(H,31,33). The van der Waals surface area contributed by atoms with E-state index < -0.39 is 29.3 Å². The smallest absolute Gasteiger partial charge is 0.416 e. The predicted octanol–water partition coefficient (Wildman–Crippen LogP) is 5.11. The van der Waals surface area contributed by atoms with Crippen LogP contribution >= 0.6 is 0 Å². The van der Waals surface area contributed by atoms with Crippen molar-refractivity contribution in [2.75, 3.05) is 11.9 Å². The summed E-state index contributed by atoms with van der Waals surface area (Å²) in [7, 11) is 0. The van der Waals surface area contributed by atoms with Gasteiger partial charge in [-0.25, -0.2) is 19.2 Å². The number of hydrogen-bond donors (Lipinski definition) is 2. The van der Waals surface area contributed by atoms with Gasteiger partial charge in [-0.05, 0) is 55.4 Å². The maximum Gasteiger partial charge on any atom is 0.416 e. The first kappa shape index (κ1) is 21.8. The Hall–Kier alpha value is -3.99. The zero-order chi connectivity index (χ0) is 23.9. The zero-order valence-corrected chi connectivity index (χ0v) is 17.5. The van der Waals surface area contributed by atoms with Crippen molar-refractivity contribution in [3.8, 4) is 11.6 Å². The van der Waals surface area contributed by atoms with Crippen molar-refractivity contribution in [2.45, 2.75) is 19.1 Å². The van der Waals surface area contributed by atoms with Gasteiger partial charge in [0.25, 0.3) is 0 Å². The van der Waals surface area contributed by atoms with Crippen molar-refractivity contribution in [3.05, 3.63) is 77.6 Å². The van der Waals surface area contributed by atoms with Gasteiger partial charge in [0.1, 0.15) is 17.9 Å². The number of alkyl halides is 3. The second-order valence-electron chi connectivity index (χ2n) is 7.66. The zero-order valence-electron chi connectivity index (χ0n) is 17.5. The number of carbonyl (C=O) groups is 1. The van der Waals surface area contributed by atoms with E-state index in [-0.39, 0.29) is 0 Å². The first-order valence-electron chi connectivity index (χ1n) is 10.3. The van der Waals surface area contributed by atoms with Gasteiger partial charge in [0.05, 0.1) is 22.5 Å². The molecule has 4 aromatic rings. The van der Waals surface area contributed by atoms with Crippen LogP contribution in [0.25, 0.3) is 10.9 Å². The van der Waals surface area contributed by atoms with Gasteiger partial charge in [0, 0.05) is 23.7 Å². The van der Waals surface area contributed by atoms with Crippen LogP contribution in [0.1, 0.15) is 16.8 Å². The molecule has 0 unspecified atom stereocenters. The second-order valence-corrected chi connectivity index (χ2v) is 7.66. The Morgan fingerprint density at radius 3 is 2.79 bits per heavy atom. The summed E-state index contributed by atoms with van der Waals surface area (Å²) in [6.45, 7) is 1.43. The van der Waals surface area contributed by atoms with Crippen LogP contribution in [0.4, 0.5) is 28.0 Å². The van der Waals surface area contributed by atoms with E-state index in [0.29, 0.717) is 47.3 Å². The molecule has 0 aliphatic carbocycles. The summed E-state index contributed by atoms with van der Waals surface area (Å²) in [4.78, 5) is 21.2. The topological polar surface area (TPSA) is 81.1 Å². The lowest BCUT2D eigenvalue weighted by Crippen LogP contribution is -2.25. The summed E-state index contributed by atoms with van der Waals surface area (Å²) < 4.78 is 60.0. The van der Waals surface area contributed by atoms with E-state index in [1.165, 1.54) is 17.1 Å². The number of anilines is 1. The average molecular weight is 471 g/mol. The molecule has 174 valence electrons. The molecule has 1 aliphatic rings. The van der Waals surface area contributed by atoms with Crippen LogP contribution in [0.15, 0.2) is 55.0 Å². The second kappa shape index (κ2) is 8.41. The van der Waals surface area contributed by atoms with E-state index in [0.717, 1.165) is 24.2 Å². The molecule has 34 heavy (non-hydrogen) atoms. The lowest BCUT2D eigenvalue weighted by molar-refractivity contribution is -0.137. The number of halogens is 4. The molecule has 1 aliphatic heterocycles. The van der Waals surface area contributed by atoms with E-state index in [1.54, 1.807) is 24.3 Å². The fourth-order valence-corrected chi connectivity index (χ4v) is 3.79.